The van der Waals surface area contributed by atoms with Crippen LogP contribution >= 0.6 is 0 Å². The number of carbonyl (C=O) groups is 4. The first-order chi connectivity index (χ1) is 16.8. The second kappa shape index (κ2) is 12.7. The number of nitrogens with two attached hydrogens (primary N) is 2. The fourth-order valence-electron chi connectivity index (χ4n) is 4.53. The third kappa shape index (κ3) is 8.47. The molecule has 2 atom stereocenters. The molecular weight excluding hydrogens is 464 g/mol. The van der Waals surface area contributed by atoms with E-state index in [0.29, 0.717) is 6.42 Å². The minimum Gasteiger partial charge on any atom is -0.478 e. The lowest BCUT2D eigenvalue weighted by molar-refractivity contribution is -0.132. The molecule has 0 radical (unpaired) electrons. The molecule has 0 aliphatic heterocycles. The molecule has 1 aromatic rings. The number of aromatic nitrogens is 1. The quantitative estimate of drug-likeness (QED) is 0.264. The van der Waals surface area contributed by atoms with Gasteiger partial charge in [0, 0.05) is 18.2 Å². The first-order valence-corrected chi connectivity index (χ1v) is 12.5. The number of anilines is 2. The van der Waals surface area contributed by atoms with Gasteiger partial charge in [-0.15, -0.1) is 0 Å². The molecule has 0 saturated heterocycles. The Bertz CT molecular complexity index is 958. The summed E-state index contributed by atoms with van der Waals surface area (Å²) in [5, 5.41) is 17.5. The van der Waals surface area contributed by atoms with Gasteiger partial charge in [0.1, 0.15) is 11.6 Å². The standard InChI is InChI=1S/C25H40N6O5/c1-14(2)10-17(26)22(33)30-21(15-8-6-5-7-9-15)23(34)31-25(3,4)11-19(32)29-18-13-28-12-16(20(18)27)24(35)36/h12-15,17,21H,5-11,26H2,1-4H3,(H2,27,28)(H,29,32)(H,30,33)(H,31,34)(H,35,36)/t17-,21-/m0/s1. The Kier molecular flexibility index (Phi) is 10.2. The smallest absolute Gasteiger partial charge is 0.339 e. The van der Waals surface area contributed by atoms with Crippen molar-refractivity contribution in [3.63, 3.8) is 0 Å². The minimum absolute atomic E-state index is 0.0109. The summed E-state index contributed by atoms with van der Waals surface area (Å²) in [6.07, 6.45) is 7.47. The predicted molar refractivity (Wildman–Crippen MR) is 137 cm³/mol. The lowest BCUT2D eigenvalue weighted by atomic mass is 9.83. The maximum absolute atomic E-state index is 13.4. The molecular formula is C25H40N6O5. The highest BCUT2D eigenvalue weighted by Gasteiger charge is 2.35. The molecule has 11 heteroatoms. The fourth-order valence-corrected chi connectivity index (χ4v) is 4.53. The molecule has 0 unspecified atom stereocenters. The average molecular weight is 505 g/mol. The summed E-state index contributed by atoms with van der Waals surface area (Å²) in [6.45, 7) is 7.36. The molecule has 1 aliphatic carbocycles. The topological polar surface area (TPSA) is 190 Å². The Hall–Kier alpha value is -3.21. The number of carboxylic acid groups (broad SMARTS) is 1. The number of hydrogen-bond acceptors (Lipinski definition) is 7. The number of hydrogen-bond donors (Lipinski definition) is 6. The van der Waals surface area contributed by atoms with E-state index in [9.17, 15) is 24.3 Å². The Morgan fingerprint density at radius 3 is 2.33 bits per heavy atom. The van der Waals surface area contributed by atoms with Gasteiger partial charge in [0.2, 0.25) is 17.7 Å². The van der Waals surface area contributed by atoms with Crippen molar-refractivity contribution < 1.29 is 24.3 Å². The minimum atomic E-state index is -1.26. The molecule has 1 aliphatic rings. The fraction of sp³-hybridized carbons (Fsp3) is 0.640. The zero-order valence-corrected chi connectivity index (χ0v) is 21.6. The highest BCUT2D eigenvalue weighted by atomic mass is 16.4. The van der Waals surface area contributed by atoms with Gasteiger partial charge in [-0.2, -0.15) is 0 Å². The molecule has 1 fully saturated rings. The lowest BCUT2D eigenvalue weighted by Gasteiger charge is -2.34. The third-order valence-corrected chi connectivity index (χ3v) is 6.32. The van der Waals surface area contributed by atoms with E-state index < -0.39 is 29.5 Å². The maximum Gasteiger partial charge on any atom is 0.339 e. The summed E-state index contributed by atoms with van der Waals surface area (Å²) < 4.78 is 0. The average Bonchev–Trinajstić information content (AvgIpc) is 2.77. The monoisotopic (exact) mass is 504 g/mol. The number of pyridine rings is 1. The number of amides is 3. The van der Waals surface area contributed by atoms with Gasteiger partial charge in [0.15, 0.2) is 0 Å². The third-order valence-electron chi connectivity index (χ3n) is 6.32. The van der Waals surface area contributed by atoms with Crippen LogP contribution in [0.2, 0.25) is 0 Å². The molecule has 1 heterocycles. The summed E-state index contributed by atoms with van der Waals surface area (Å²) in [5.74, 6) is -2.22. The van der Waals surface area contributed by atoms with Crippen molar-refractivity contribution in [3.05, 3.63) is 18.0 Å². The molecule has 200 valence electrons. The van der Waals surface area contributed by atoms with Crippen molar-refractivity contribution in [2.75, 3.05) is 11.1 Å². The number of carboxylic acids is 1. The second-order valence-corrected chi connectivity index (χ2v) is 10.7. The van der Waals surface area contributed by atoms with Gasteiger partial charge in [0.25, 0.3) is 0 Å². The van der Waals surface area contributed by atoms with E-state index in [2.05, 4.69) is 20.9 Å². The molecule has 1 aromatic heterocycles. The maximum atomic E-state index is 13.4. The largest absolute Gasteiger partial charge is 0.478 e. The molecule has 11 nitrogen and oxygen atoms in total. The zero-order chi connectivity index (χ0) is 27.0. The predicted octanol–water partition coefficient (Wildman–Crippen LogP) is 2.02. The first kappa shape index (κ1) is 29.0. The van der Waals surface area contributed by atoms with Crippen molar-refractivity contribution >= 4 is 35.1 Å². The van der Waals surface area contributed by atoms with E-state index >= 15 is 0 Å². The van der Waals surface area contributed by atoms with Gasteiger partial charge < -0.3 is 32.5 Å². The summed E-state index contributed by atoms with van der Waals surface area (Å²) in [4.78, 5) is 53.9. The summed E-state index contributed by atoms with van der Waals surface area (Å²) in [5.41, 5.74) is 10.7. The van der Waals surface area contributed by atoms with Crippen LogP contribution in [0.1, 0.15) is 83.0 Å². The van der Waals surface area contributed by atoms with Crippen LogP contribution in [0.5, 0.6) is 0 Å². The van der Waals surface area contributed by atoms with Crippen LogP contribution in [-0.2, 0) is 14.4 Å². The van der Waals surface area contributed by atoms with Crippen LogP contribution in [0.4, 0.5) is 11.4 Å². The summed E-state index contributed by atoms with van der Waals surface area (Å²) in [7, 11) is 0. The number of rotatable bonds is 11. The first-order valence-electron chi connectivity index (χ1n) is 12.5. The van der Waals surface area contributed by atoms with Crippen LogP contribution in [0, 0.1) is 11.8 Å². The SMILES string of the molecule is CC(C)C[C@H](N)C(=O)N[C@H](C(=O)NC(C)(C)CC(=O)Nc1cncc(C(=O)O)c1N)C1CCCCC1. The molecule has 8 N–H and O–H groups in total. The van der Waals surface area contributed by atoms with E-state index in [1.807, 2.05) is 13.8 Å². The van der Waals surface area contributed by atoms with E-state index in [1.165, 1.54) is 6.20 Å². The molecule has 3 amide bonds. The Morgan fingerprint density at radius 1 is 1.11 bits per heavy atom. The van der Waals surface area contributed by atoms with Crippen molar-refractivity contribution in [1.82, 2.24) is 15.6 Å². The van der Waals surface area contributed by atoms with Crippen molar-refractivity contribution in [2.45, 2.75) is 90.3 Å². The number of carbonyl (C=O) groups excluding carboxylic acids is 3. The molecule has 2 rings (SSSR count). The van der Waals surface area contributed by atoms with Gasteiger partial charge in [-0.05, 0) is 44.9 Å². The number of aromatic carboxylic acids is 1. The van der Waals surface area contributed by atoms with Crippen LogP contribution in [0.3, 0.4) is 0 Å². The Balaban J connectivity index is 2.09. The number of nitrogens with zero attached hydrogens (tertiary/aromatic N) is 1. The summed E-state index contributed by atoms with van der Waals surface area (Å²) >= 11 is 0. The molecule has 0 spiro atoms. The Morgan fingerprint density at radius 2 is 1.75 bits per heavy atom. The molecule has 0 bridgehead atoms. The Labute approximate surface area is 212 Å². The van der Waals surface area contributed by atoms with Gasteiger partial charge in [-0.25, -0.2) is 4.79 Å². The number of nitrogens with one attached hydrogen (secondary N) is 3. The second-order valence-electron chi connectivity index (χ2n) is 10.7. The lowest BCUT2D eigenvalue weighted by Crippen LogP contribution is -2.58. The van der Waals surface area contributed by atoms with Crippen molar-refractivity contribution in [3.8, 4) is 0 Å². The van der Waals surface area contributed by atoms with Crippen molar-refractivity contribution in [1.29, 1.82) is 0 Å². The highest BCUT2D eigenvalue weighted by molar-refractivity contribution is 6.01. The van der Waals surface area contributed by atoms with Gasteiger partial charge in [0.05, 0.1) is 23.6 Å². The van der Waals surface area contributed by atoms with Crippen LogP contribution in [0.15, 0.2) is 12.4 Å². The van der Waals surface area contributed by atoms with Gasteiger partial charge >= 0.3 is 5.97 Å². The zero-order valence-electron chi connectivity index (χ0n) is 21.6. The van der Waals surface area contributed by atoms with Crippen LogP contribution in [0.25, 0.3) is 0 Å². The molecule has 36 heavy (non-hydrogen) atoms. The van der Waals surface area contributed by atoms with Gasteiger partial charge in [-0.1, -0.05) is 33.1 Å². The molecule has 1 saturated carbocycles. The van der Waals surface area contributed by atoms with Crippen LogP contribution < -0.4 is 27.4 Å². The normalized spacial score (nSPS) is 16.2. The summed E-state index contributed by atoms with van der Waals surface area (Å²) in [6, 6.07) is -1.45. The van der Waals surface area contributed by atoms with Gasteiger partial charge in [-0.3, -0.25) is 19.4 Å². The number of nitrogen functional groups attached to an aromatic ring is 1. The van der Waals surface area contributed by atoms with E-state index in [-0.39, 0.29) is 47.0 Å². The van der Waals surface area contributed by atoms with E-state index in [1.54, 1.807) is 13.8 Å². The van der Waals surface area contributed by atoms with Crippen molar-refractivity contribution in [2.24, 2.45) is 17.6 Å². The van der Waals surface area contributed by atoms with Crippen LogP contribution in [-0.4, -0.2) is 51.4 Å². The van der Waals surface area contributed by atoms with E-state index in [4.69, 9.17) is 11.5 Å². The molecule has 0 aromatic carbocycles. The van der Waals surface area contributed by atoms with E-state index in [0.717, 1.165) is 38.3 Å². The highest BCUT2D eigenvalue weighted by Crippen LogP contribution is 2.28.